The molecule has 1 heterocycles. The maximum absolute atomic E-state index is 11.1. The molecule has 2 amide bonds. The van der Waals surface area contributed by atoms with Gasteiger partial charge in [-0.2, -0.15) is 5.26 Å². The maximum Gasteiger partial charge on any atom is 0.330 e. The number of urea groups is 1. The average molecular weight is 167 g/mol. The molecule has 1 N–H and O–H groups in total. The Morgan fingerprint density at radius 2 is 2.25 bits per heavy atom. The molecule has 1 rings (SSSR count). The predicted molar refractivity (Wildman–Crippen MR) is 44.1 cm³/mol. The second-order valence-corrected chi connectivity index (χ2v) is 4.08. The number of hydrogen-bond donors (Lipinski definition) is 1. The second-order valence-electron chi connectivity index (χ2n) is 4.08. The van der Waals surface area contributed by atoms with Gasteiger partial charge in [0.05, 0.1) is 12.6 Å². The van der Waals surface area contributed by atoms with Gasteiger partial charge >= 0.3 is 6.03 Å². The van der Waals surface area contributed by atoms with Gasteiger partial charge in [0.25, 0.3) is 0 Å². The minimum Gasteiger partial charge on any atom is -0.332 e. The Bertz CT molecular complexity index is 236. The second kappa shape index (κ2) is 2.67. The molecule has 0 radical (unpaired) electrons. The summed E-state index contributed by atoms with van der Waals surface area (Å²) in [6.07, 6.45) is 1.84. The van der Waals surface area contributed by atoms with Gasteiger partial charge in [0, 0.05) is 0 Å². The molecular formula is C8H13N3O. The number of carbonyl (C=O) groups is 1. The highest BCUT2D eigenvalue weighted by Crippen LogP contribution is 2.23. The van der Waals surface area contributed by atoms with Crippen molar-refractivity contribution in [1.82, 2.24) is 10.2 Å². The molecule has 4 nitrogen and oxygen atoms in total. The normalized spacial score (nSPS) is 23.7. The SMILES string of the molecule is CC(C)(C)C1CN(C#N)C(=O)N1. The smallest absolute Gasteiger partial charge is 0.330 e. The van der Waals surface area contributed by atoms with Gasteiger partial charge in [-0.3, -0.25) is 0 Å². The van der Waals surface area contributed by atoms with Crippen LogP contribution in [0.5, 0.6) is 0 Å². The third-order valence-electron chi connectivity index (χ3n) is 2.07. The number of nitrogens with zero attached hydrogens (tertiary/aromatic N) is 2. The van der Waals surface area contributed by atoms with Crippen molar-refractivity contribution in [3.8, 4) is 6.19 Å². The molecule has 12 heavy (non-hydrogen) atoms. The molecule has 1 aliphatic rings. The molecule has 1 unspecified atom stereocenters. The molecule has 1 fully saturated rings. The molecule has 0 aromatic heterocycles. The Morgan fingerprint density at radius 1 is 1.67 bits per heavy atom. The van der Waals surface area contributed by atoms with Crippen molar-refractivity contribution in [1.29, 1.82) is 5.26 Å². The van der Waals surface area contributed by atoms with Crippen LogP contribution in [0.15, 0.2) is 0 Å². The number of nitriles is 1. The molecule has 0 saturated carbocycles. The first kappa shape index (κ1) is 8.85. The van der Waals surface area contributed by atoms with Gasteiger partial charge in [-0.15, -0.1) is 0 Å². The quantitative estimate of drug-likeness (QED) is 0.545. The summed E-state index contributed by atoms with van der Waals surface area (Å²) >= 11 is 0. The topological polar surface area (TPSA) is 56.1 Å². The third kappa shape index (κ3) is 1.50. The van der Waals surface area contributed by atoms with E-state index in [0.29, 0.717) is 6.54 Å². The molecule has 1 aliphatic heterocycles. The first-order valence-corrected chi connectivity index (χ1v) is 3.93. The number of hydrogen-bond acceptors (Lipinski definition) is 2. The zero-order valence-corrected chi connectivity index (χ0v) is 7.59. The number of rotatable bonds is 0. The zero-order valence-electron chi connectivity index (χ0n) is 7.59. The Kier molecular flexibility index (Phi) is 1.97. The summed E-state index contributed by atoms with van der Waals surface area (Å²) in [7, 11) is 0. The van der Waals surface area contributed by atoms with Crippen LogP contribution in [0.2, 0.25) is 0 Å². The van der Waals surface area contributed by atoms with Crippen LogP contribution in [0.3, 0.4) is 0 Å². The van der Waals surface area contributed by atoms with Crippen LogP contribution in [0.1, 0.15) is 20.8 Å². The first-order chi connectivity index (χ1) is 5.45. The standard InChI is InChI=1S/C8H13N3O/c1-8(2,3)6-4-11(5-9)7(12)10-6/h6H,4H2,1-3H3,(H,10,12). The lowest BCUT2D eigenvalue weighted by Crippen LogP contribution is -2.38. The van der Waals surface area contributed by atoms with E-state index in [4.69, 9.17) is 5.26 Å². The molecule has 0 bridgehead atoms. The molecule has 0 aromatic carbocycles. The number of nitrogens with one attached hydrogen (secondary N) is 1. The van der Waals surface area contributed by atoms with Gasteiger partial charge in [-0.1, -0.05) is 20.8 Å². The third-order valence-corrected chi connectivity index (χ3v) is 2.07. The van der Waals surface area contributed by atoms with Crippen LogP contribution in [0.4, 0.5) is 4.79 Å². The predicted octanol–water partition coefficient (Wildman–Crippen LogP) is 0.907. The Hall–Kier alpha value is -1.24. The van der Waals surface area contributed by atoms with Gasteiger partial charge in [0.15, 0.2) is 6.19 Å². The molecular weight excluding hydrogens is 154 g/mol. The van der Waals surface area contributed by atoms with Crippen molar-refractivity contribution in [3.05, 3.63) is 0 Å². The van der Waals surface area contributed by atoms with E-state index in [0.717, 1.165) is 4.90 Å². The monoisotopic (exact) mass is 167 g/mol. The van der Waals surface area contributed by atoms with Gasteiger partial charge in [-0.05, 0) is 5.41 Å². The van der Waals surface area contributed by atoms with Crippen LogP contribution in [0.25, 0.3) is 0 Å². The fraction of sp³-hybridized carbons (Fsp3) is 0.750. The molecule has 4 heteroatoms. The van der Waals surface area contributed by atoms with Crippen LogP contribution in [-0.4, -0.2) is 23.5 Å². The molecule has 1 saturated heterocycles. The van der Waals surface area contributed by atoms with Crippen molar-refractivity contribution in [2.45, 2.75) is 26.8 Å². The first-order valence-electron chi connectivity index (χ1n) is 3.93. The van der Waals surface area contributed by atoms with E-state index < -0.39 is 0 Å². The van der Waals surface area contributed by atoms with E-state index in [-0.39, 0.29) is 17.5 Å². The summed E-state index contributed by atoms with van der Waals surface area (Å²) in [5.74, 6) is 0. The van der Waals surface area contributed by atoms with Crippen molar-refractivity contribution < 1.29 is 4.79 Å². The zero-order chi connectivity index (χ0) is 9.35. The summed E-state index contributed by atoms with van der Waals surface area (Å²) < 4.78 is 0. The Labute approximate surface area is 72.2 Å². The van der Waals surface area contributed by atoms with Crippen molar-refractivity contribution in [2.24, 2.45) is 5.41 Å². The summed E-state index contributed by atoms with van der Waals surface area (Å²) in [6.45, 7) is 6.61. The van der Waals surface area contributed by atoms with E-state index in [1.165, 1.54) is 0 Å². The largest absolute Gasteiger partial charge is 0.332 e. The summed E-state index contributed by atoms with van der Waals surface area (Å²) in [6, 6.07) is -0.206. The fourth-order valence-corrected chi connectivity index (χ4v) is 1.11. The molecule has 0 spiro atoms. The van der Waals surface area contributed by atoms with Crippen LogP contribution >= 0.6 is 0 Å². The maximum atomic E-state index is 11.1. The minimum absolute atomic E-state index is 0.0151. The van der Waals surface area contributed by atoms with E-state index in [2.05, 4.69) is 5.32 Å². The lowest BCUT2D eigenvalue weighted by molar-refractivity contribution is 0.231. The fourth-order valence-electron chi connectivity index (χ4n) is 1.11. The summed E-state index contributed by atoms with van der Waals surface area (Å²) in [5.41, 5.74) is 0.0151. The highest BCUT2D eigenvalue weighted by molar-refractivity contribution is 5.78. The van der Waals surface area contributed by atoms with E-state index >= 15 is 0 Å². The lowest BCUT2D eigenvalue weighted by Gasteiger charge is -2.25. The number of amides is 2. The lowest BCUT2D eigenvalue weighted by atomic mass is 9.87. The highest BCUT2D eigenvalue weighted by atomic mass is 16.2. The van der Waals surface area contributed by atoms with E-state index in [1.807, 2.05) is 27.0 Å². The molecule has 0 aliphatic carbocycles. The molecule has 66 valence electrons. The van der Waals surface area contributed by atoms with Crippen molar-refractivity contribution >= 4 is 6.03 Å². The van der Waals surface area contributed by atoms with Crippen LogP contribution in [0, 0.1) is 16.9 Å². The van der Waals surface area contributed by atoms with E-state index in [9.17, 15) is 4.79 Å². The summed E-state index contributed by atoms with van der Waals surface area (Å²) in [4.78, 5) is 12.2. The number of carbonyl (C=O) groups excluding carboxylic acids is 1. The van der Waals surface area contributed by atoms with Gasteiger partial charge in [0.2, 0.25) is 0 Å². The van der Waals surface area contributed by atoms with Crippen LogP contribution in [-0.2, 0) is 0 Å². The summed E-state index contributed by atoms with van der Waals surface area (Å²) in [5, 5.41) is 11.3. The van der Waals surface area contributed by atoms with Gasteiger partial charge in [0.1, 0.15) is 0 Å². The molecule has 1 atom stereocenters. The van der Waals surface area contributed by atoms with Gasteiger partial charge in [-0.25, -0.2) is 9.69 Å². The Balaban J connectivity index is 2.68. The van der Waals surface area contributed by atoms with Crippen molar-refractivity contribution in [3.63, 3.8) is 0 Å². The van der Waals surface area contributed by atoms with E-state index in [1.54, 1.807) is 0 Å². The van der Waals surface area contributed by atoms with Gasteiger partial charge < -0.3 is 5.32 Å². The molecule has 0 aromatic rings. The minimum atomic E-state index is -0.280. The van der Waals surface area contributed by atoms with Crippen LogP contribution < -0.4 is 5.32 Å². The Morgan fingerprint density at radius 3 is 2.50 bits per heavy atom. The highest BCUT2D eigenvalue weighted by Gasteiger charge is 2.36. The average Bonchev–Trinajstić information content (AvgIpc) is 2.29. The van der Waals surface area contributed by atoms with Crippen molar-refractivity contribution in [2.75, 3.05) is 6.54 Å².